The zero-order chi connectivity index (χ0) is 13.7. The van der Waals surface area contributed by atoms with Gasteiger partial charge in [0.1, 0.15) is 5.75 Å². The molecule has 0 aliphatic rings. The number of allylic oxidation sites excluding steroid dienone is 1. The van der Waals surface area contributed by atoms with Crippen LogP contribution in [0.3, 0.4) is 0 Å². The van der Waals surface area contributed by atoms with Crippen molar-refractivity contribution in [1.82, 2.24) is 0 Å². The zero-order valence-electron chi connectivity index (χ0n) is 10.5. The molecule has 3 heteroatoms. The third kappa shape index (κ3) is 3.80. The van der Waals surface area contributed by atoms with Gasteiger partial charge in [-0.1, -0.05) is 34.1 Å². The van der Waals surface area contributed by atoms with E-state index in [1.54, 1.807) is 31.4 Å². The molecular weight excluding hydrogens is 304 g/mol. The van der Waals surface area contributed by atoms with E-state index < -0.39 is 0 Å². The number of hydrogen-bond donors (Lipinski definition) is 0. The van der Waals surface area contributed by atoms with Crippen molar-refractivity contribution >= 4 is 27.8 Å². The maximum atomic E-state index is 12.0. The maximum Gasteiger partial charge on any atom is 0.185 e. The molecular formula is C16H13BrO2. The number of ketones is 1. The van der Waals surface area contributed by atoms with E-state index >= 15 is 0 Å². The van der Waals surface area contributed by atoms with Crippen LogP contribution in [-0.2, 0) is 0 Å². The van der Waals surface area contributed by atoms with E-state index in [9.17, 15) is 4.79 Å². The minimum absolute atomic E-state index is 0.0182. The number of carbonyl (C=O) groups excluding carboxylic acids is 1. The van der Waals surface area contributed by atoms with Crippen LogP contribution < -0.4 is 4.74 Å². The monoisotopic (exact) mass is 316 g/mol. The van der Waals surface area contributed by atoms with Crippen molar-refractivity contribution in [1.29, 1.82) is 0 Å². The van der Waals surface area contributed by atoms with E-state index in [-0.39, 0.29) is 5.78 Å². The van der Waals surface area contributed by atoms with Crippen molar-refractivity contribution in [2.45, 2.75) is 0 Å². The Kier molecular flexibility index (Phi) is 4.53. The first-order chi connectivity index (χ1) is 9.19. The third-order valence-electron chi connectivity index (χ3n) is 2.65. The molecule has 19 heavy (non-hydrogen) atoms. The first-order valence-corrected chi connectivity index (χ1v) is 6.60. The normalized spacial score (nSPS) is 10.6. The van der Waals surface area contributed by atoms with Gasteiger partial charge in [0.2, 0.25) is 0 Å². The Hall–Kier alpha value is -1.87. The quantitative estimate of drug-likeness (QED) is 0.619. The number of rotatable bonds is 4. The second-order valence-electron chi connectivity index (χ2n) is 3.98. The molecule has 0 spiro atoms. The molecule has 0 atom stereocenters. The molecule has 0 aromatic heterocycles. The minimum atomic E-state index is -0.0182. The highest BCUT2D eigenvalue weighted by molar-refractivity contribution is 9.10. The van der Waals surface area contributed by atoms with Crippen LogP contribution in [0.25, 0.3) is 6.08 Å². The molecule has 96 valence electrons. The second kappa shape index (κ2) is 6.34. The van der Waals surface area contributed by atoms with Gasteiger partial charge < -0.3 is 4.74 Å². The van der Waals surface area contributed by atoms with Gasteiger partial charge in [-0.05, 0) is 48.0 Å². The molecule has 0 saturated carbocycles. The van der Waals surface area contributed by atoms with Crippen molar-refractivity contribution in [2.24, 2.45) is 0 Å². The number of carbonyl (C=O) groups is 1. The molecule has 0 unspecified atom stereocenters. The highest BCUT2D eigenvalue weighted by Gasteiger charge is 2.01. The number of halogens is 1. The standard InChI is InChI=1S/C16H13BrO2/c1-19-15-4-2-3-12(11-15)5-10-16(18)13-6-8-14(17)9-7-13/h2-11H,1H3. The lowest BCUT2D eigenvalue weighted by molar-refractivity contribution is 0.104. The summed E-state index contributed by atoms with van der Waals surface area (Å²) < 4.78 is 6.09. The van der Waals surface area contributed by atoms with Crippen molar-refractivity contribution in [3.8, 4) is 5.75 Å². The van der Waals surface area contributed by atoms with Crippen LogP contribution in [0.4, 0.5) is 0 Å². The molecule has 0 radical (unpaired) electrons. The molecule has 2 nitrogen and oxygen atoms in total. The van der Waals surface area contributed by atoms with E-state index in [4.69, 9.17) is 4.74 Å². The number of benzene rings is 2. The summed E-state index contributed by atoms with van der Waals surface area (Å²) in [6, 6.07) is 14.9. The van der Waals surface area contributed by atoms with Crippen molar-refractivity contribution in [3.63, 3.8) is 0 Å². The largest absolute Gasteiger partial charge is 0.497 e. The highest BCUT2D eigenvalue weighted by Crippen LogP contribution is 2.15. The Morgan fingerprint density at radius 2 is 1.89 bits per heavy atom. The molecule has 0 N–H and O–H groups in total. The molecule has 0 fully saturated rings. The van der Waals surface area contributed by atoms with Crippen LogP contribution in [0.15, 0.2) is 59.1 Å². The smallest absolute Gasteiger partial charge is 0.185 e. The highest BCUT2D eigenvalue weighted by atomic mass is 79.9. The van der Waals surface area contributed by atoms with Gasteiger partial charge in [0.25, 0.3) is 0 Å². The zero-order valence-corrected chi connectivity index (χ0v) is 12.1. The molecule has 2 aromatic carbocycles. The Morgan fingerprint density at radius 3 is 2.58 bits per heavy atom. The van der Waals surface area contributed by atoms with Crippen molar-refractivity contribution in [2.75, 3.05) is 7.11 Å². The number of hydrogen-bond acceptors (Lipinski definition) is 2. The fourth-order valence-corrected chi connectivity index (χ4v) is 1.89. The summed E-state index contributed by atoms with van der Waals surface area (Å²) in [5.74, 6) is 0.758. The van der Waals surface area contributed by atoms with Crippen molar-refractivity contribution < 1.29 is 9.53 Å². The van der Waals surface area contributed by atoms with E-state index in [2.05, 4.69) is 15.9 Å². The van der Waals surface area contributed by atoms with Gasteiger partial charge in [-0.25, -0.2) is 0 Å². The molecule has 0 aliphatic heterocycles. The Bertz CT molecular complexity index is 600. The average molecular weight is 317 g/mol. The number of ether oxygens (including phenoxy) is 1. The van der Waals surface area contributed by atoms with Crippen molar-refractivity contribution in [3.05, 3.63) is 70.2 Å². The second-order valence-corrected chi connectivity index (χ2v) is 4.90. The van der Waals surface area contributed by atoms with Crippen LogP contribution in [0.2, 0.25) is 0 Å². The molecule has 0 amide bonds. The molecule has 0 saturated heterocycles. The van der Waals surface area contributed by atoms with Gasteiger partial charge in [-0.3, -0.25) is 4.79 Å². The van der Waals surface area contributed by atoms with E-state index in [0.717, 1.165) is 15.8 Å². The summed E-state index contributed by atoms with van der Waals surface area (Å²) in [5.41, 5.74) is 1.60. The van der Waals surface area contributed by atoms with Gasteiger partial charge in [-0.15, -0.1) is 0 Å². The molecule has 2 rings (SSSR count). The summed E-state index contributed by atoms with van der Waals surface area (Å²) in [6.45, 7) is 0. The number of methoxy groups -OCH3 is 1. The molecule has 0 heterocycles. The first-order valence-electron chi connectivity index (χ1n) is 5.81. The first kappa shape index (κ1) is 13.6. The van der Waals surface area contributed by atoms with Gasteiger partial charge in [0, 0.05) is 10.0 Å². The molecule has 0 aliphatic carbocycles. The summed E-state index contributed by atoms with van der Waals surface area (Å²) in [6.07, 6.45) is 3.35. The SMILES string of the molecule is COc1cccc(C=CC(=O)c2ccc(Br)cc2)c1. The summed E-state index contributed by atoms with van der Waals surface area (Å²) in [4.78, 5) is 12.0. The van der Waals surface area contributed by atoms with Crippen LogP contribution in [0, 0.1) is 0 Å². The van der Waals surface area contributed by atoms with E-state index in [1.165, 1.54) is 0 Å². The Balaban J connectivity index is 2.13. The lowest BCUT2D eigenvalue weighted by atomic mass is 10.1. The van der Waals surface area contributed by atoms with Gasteiger partial charge in [0.15, 0.2) is 5.78 Å². The predicted octanol–water partition coefficient (Wildman–Crippen LogP) is 4.35. The summed E-state index contributed by atoms with van der Waals surface area (Å²) >= 11 is 3.34. The molecule has 2 aromatic rings. The van der Waals surface area contributed by atoms with Crippen LogP contribution in [0.5, 0.6) is 5.75 Å². The minimum Gasteiger partial charge on any atom is -0.497 e. The van der Waals surface area contributed by atoms with Gasteiger partial charge in [-0.2, -0.15) is 0 Å². The third-order valence-corrected chi connectivity index (χ3v) is 3.18. The maximum absolute atomic E-state index is 12.0. The van der Waals surface area contributed by atoms with E-state index in [0.29, 0.717) is 5.56 Å². The summed E-state index contributed by atoms with van der Waals surface area (Å²) in [7, 11) is 1.62. The topological polar surface area (TPSA) is 26.3 Å². The average Bonchev–Trinajstić information content (AvgIpc) is 2.46. The fourth-order valence-electron chi connectivity index (χ4n) is 1.63. The van der Waals surface area contributed by atoms with E-state index in [1.807, 2.05) is 36.4 Å². The lowest BCUT2D eigenvalue weighted by Crippen LogP contribution is -1.93. The van der Waals surface area contributed by atoms with Crippen LogP contribution >= 0.6 is 15.9 Å². The van der Waals surface area contributed by atoms with Crippen LogP contribution in [-0.4, -0.2) is 12.9 Å². The molecule has 0 bridgehead atoms. The fraction of sp³-hybridized carbons (Fsp3) is 0.0625. The Morgan fingerprint density at radius 1 is 1.16 bits per heavy atom. The van der Waals surface area contributed by atoms with Gasteiger partial charge >= 0.3 is 0 Å². The lowest BCUT2D eigenvalue weighted by Gasteiger charge is -2.00. The van der Waals surface area contributed by atoms with Crippen LogP contribution in [0.1, 0.15) is 15.9 Å². The predicted molar refractivity (Wildman–Crippen MR) is 80.5 cm³/mol. The summed E-state index contributed by atoms with van der Waals surface area (Å²) in [5, 5.41) is 0. The Labute approximate surface area is 120 Å². The van der Waals surface area contributed by atoms with Gasteiger partial charge in [0.05, 0.1) is 7.11 Å².